The first-order valence-corrected chi connectivity index (χ1v) is 4.99. The molecule has 3 heteroatoms. The summed E-state index contributed by atoms with van der Waals surface area (Å²) in [5.41, 5.74) is 1.89. The third-order valence-corrected chi connectivity index (χ3v) is 2.32. The molecule has 1 aromatic heterocycles. The molecule has 78 valence electrons. The molecule has 2 aromatic rings. The van der Waals surface area contributed by atoms with E-state index >= 15 is 0 Å². The SMILES string of the molecule is Cc1ccn(CC(O)c2ccccc2)n1. The lowest BCUT2D eigenvalue weighted by Crippen LogP contribution is -2.09. The van der Waals surface area contributed by atoms with E-state index in [1.165, 1.54) is 0 Å². The van der Waals surface area contributed by atoms with Crippen LogP contribution in [0.25, 0.3) is 0 Å². The van der Waals surface area contributed by atoms with Crippen LogP contribution in [-0.2, 0) is 6.54 Å². The third kappa shape index (κ3) is 2.44. The van der Waals surface area contributed by atoms with Crippen LogP contribution in [0.15, 0.2) is 42.6 Å². The van der Waals surface area contributed by atoms with Crippen LogP contribution in [0.4, 0.5) is 0 Å². The molecule has 0 spiro atoms. The molecule has 1 aromatic carbocycles. The summed E-state index contributed by atoms with van der Waals surface area (Å²) in [6.45, 7) is 2.43. The van der Waals surface area contributed by atoms with Gasteiger partial charge in [-0.2, -0.15) is 5.10 Å². The van der Waals surface area contributed by atoms with E-state index in [1.807, 2.05) is 49.5 Å². The fourth-order valence-electron chi connectivity index (χ4n) is 1.52. The van der Waals surface area contributed by atoms with Crippen LogP contribution in [0.3, 0.4) is 0 Å². The van der Waals surface area contributed by atoms with Crippen molar-refractivity contribution in [1.82, 2.24) is 9.78 Å². The predicted octanol–water partition coefficient (Wildman–Crippen LogP) is 1.93. The summed E-state index contributed by atoms with van der Waals surface area (Å²) in [5.74, 6) is 0. The molecule has 1 unspecified atom stereocenters. The van der Waals surface area contributed by atoms with E-state index in [1.54, 1.807) is 4.68 Å². The second-order valence-corrected chi connectivity index (χ2v) is 3.61. The molecule has 1 heterocycles. The molecule has 0 aliphatic carbocycles. The number of benzene rings is 1. The number of rotatable bonds is 3. The molecule has 0 amide bonds. The second kappa shape index (κ2) is 4.28. The van der Waals surface area contributed by atoms with Gasteiger partial charge >= 0.3 is 0 Å². The van der Waals surface area contributed by atoms with Crippen LogP contribution in [-0.4, -0.2) is 14.9 Å². The minimum absolute atomic E-state index is 0.495. The maximum absolute atomic E-state index is 9.92. The molecule has 15 heavy (non-hydrogen) atoms. The standard InChI is InChI=1S/C12H14N2O/c1-10-7-8-14(13-10)9-12(15)11-5-3-2-4-6-11/h2-8,12,15H,9H2,1H3. The van der Waals surface area contributed by atoms with E-state index in [0.717, 1.165) is 11.3 Å². The summed E-state index contributed by atoms with van der Waals surface area (Å²) in [4.78, 5) is 0. The average Bonchev–Trinajstić information content (AvgIpc) is 2.65. The van der Waals surface area contributed by atoms with Gasteiger partial charge in [-0.05, 0) is 18.6 Å². The van der Waals surface area contributed by atoms with Gasteiger partial charge in [0.25, 0.3) is 0 Å². The smallest absolute Gasteiger partial charge is 0.0985 e. The summed E-state index contributed by atoms with van der Waals surface area (Å²) < 4.78 is 1.76. The summed E-state index contributed by atoms with van der Waals surface area (Å²) in [5, 5.41) is 14.2. The number of aliphatic hydroxyl groups excluding tert-OH is 1. The molecule has 2 rings (SSSR count). The van der Waals surface area contributed by atoms with E-state index in [9.17, 15) is 5.11 Å². The van der Waals surface area contributed by atoms with Gasteiger partial charge in [-0.3, -0.25) is 4.68 Å². The quantitative estimate of drug-likeness (QED) is 0.825. The van der Waals surface area contributed by atoms with Gasteiger partial charge in [-0.15, -0.1) is 0 Å². The van der Waals surface area contributed by atoms with E-state index in [2.05, 4.69) is 5.10 Å². The fraction of sp³-hybridized carbons (Fsp3) is 0.250. The fourth-order valence-corrected chi connectivity index (χ4v) is 1.52. The Morgan fingerprint density at radius 1 is 1.27 bits per heavy atom. The van der Waals surface area contributed by atoms with Gasteiger partial charge in [0.15, 0.2) is 0 Å². The first-order chi connectivity index (χ1) is 7.25. The molecule has 0 fully saturated rings. The lowest BCUT2D eigenvalue weighted by Gasteiger charge is -2.10. The van der Waals surface area contributed by atoms with Gasteiger partial charge in [0, 0.05) is 6.20 Å². The topological polar surface area (TPSA) is 38.0 Å². The van der Waals surface area contributed by atoms with Crippen LogP contribution in [0.1, 0.15) is 17.4 Å². The minimum atomic E-state index is -0.495. The highest BCUT2D eigenvalue weighted by Crippen LogP contribution is 2.13. The van der Waals surface area contributed by atoms with E-state index in [0.29, 0.717) is 6.54 Å². The highest BCUT2D eigenvalue weighted by Gasteiger charge is 2.07. The first kappa shape index (κ1) is 9.93. The maximum Gasteiger partial charge on any atom is 0.0985 e. The summed E-state index contributed by atoms with van der Waals surface area (Å²) >= 11 is 0. The molecule has 0 bridgehead atoms. The summed E-state index contributed by atoms with van der Waals surface area (Å²) in [6.07, 6.45) is 1.38. The second-order valence-electron chi connectivity index (χ2n) is 3.61. The van der Waals surface area contributed by atoms with Gasteiger partial charge in [0.1, 0.15) is 0 Å². The number of nitrogens with zero attached hydrogens (tertiary/aromatic N) is 2. The molecule has 0 aliphatic rings. The summed E-state index contributed by atoms with van der Waals surface area (Å²) in [6, 6.07) is 11.5. The molecule has 1 N–H and O–H groups in total. The molecule has 3 nitrogen and oxygen atoms in total. The molecule has 0 radical (unpaired) electrons. The van der Waals surface area contributed by atoms with Crippen molar-refractivity contribution < 1.29 is 5.11 Å². The molecule has 1 atom stereocenters. The highest BCUT2D eigenvalue weighted by atomic mass is 16.3. The largest absolute Gasteiger partial charge is 0.386 e. The van der Waals surface area contributed by atoms with Gasteiger partial charge in [-0.1, -0.05) is 30.3 Å². The summed E-state index contributed by atoms with van der Waals surface area (Å²) in [7, 11) is 0. The Morgan fingerprint density at radius 2 is 2.00 bits per heavy atom. The van der Waals surface area contributed by atoms with Crippen LogP contribution >= 0.6 is 0 Å². The molecular formula is C12H14N2O. The first-order valence-electron chi connectivity index (χ1n) is 4.99. The van der Waals surface area contributed by atoms with Crippen molar-refractivity contribution in [3.63, 3.8) is 0 Å². The highest BCUT2D eigenvalue weighted by molar-refractivity contribution is 5.17. The third-order valence-electron chi connectivity index (χ3n) is 2.32. The molecule has 0 saturated carbocycles. The zero-order valence-electron chi connectivity index (χ0n) is 8.67. The van der Waals surface area contributed by atoms with Crippen LogP contribution in [0.2, 0.25) is 0 Å². The maximum atomic E-state index is 9.92. The normalized spacial score (nSPS) is 12.7. The zero-order valence-corrected chi connectivity index (χ0v) is 8.67. The molecular weight excluding hydrogens is 188 g/mol. The van der Waals surface area contributed by atoms with Gasteiger partial charge in [0.2, 0.25) is 0 Å². The van der Waals surface area contributed by atoms with Crippen molar-refractivity contribution in [2.24, 2.45) is 0 Å². The Kier molecular flexibility index (Phi) is 2.83. The molecule has 0 saturated heterocycles. The van der Waals surface area contributed by atoms with Crippen molar-refractivity contribution >= 4 is 0 Å². The zero-order chi connectivity index (χ0) is 10.7. The van der Waals surface area contributed by atoms with E-state index in [4.69, 9.17) is 0 Å². The van der Waals surface area contributed by atoms with Crippen molar-refractivity contribution in [2.45, 2.75) is 19.6 Å². The van der Waals surface area contributed by atoms with Gasteiger partial charge in [0.05, 0.1) is 18.3 Å². The number of aliphatic hydroxyl groups is 1. The van der Waals surface area contributed by atoms with Crippen LogP contribution in [0, 0.1) is 6.92 Å². The van der Waals surface area contributed by atoms with E-state index in [-0.39, 0.29) is 0 Å². The Morgan fingerprint density at radius 3 is 2.60 bits per heavy atom. The number of aromatic nitrogens is 2. The van der Waals surface area contributed by atoms with Crippen molar-refractivity contribution in [3.8, 4) is 0 Å². The Bertz CT molecular complexity index is 422. The van der Waals surface area contributed by atoms with Gasteiger partial charge in [-0.25, -0.2) is 0 Å². The number of hydrogen-bond acceptors (Lipinski definition) is 2. The Hall–Kier alpha value is -1.61. The number of hydrogen-bond donors (Lipinski definition) is 1. The van der Waals surface area contributed by atoms with E-state index < -0.39 is 6.10 Å². The lowest BCUT2D eigenvalue weighted by atomic mass is 10.1. The monoisotopic (exact) mass is 202 g/mol. The Labute approximate surface area is 89.0 Å². The Balaban J connectivity index is 2.07. The van der Waals surface area contributed by atoms with Crippen molar-refractivity contribution in [1.29, 1.82) is 0 Å². The lowest BCUT2D eigenvalue weighted by molar-refractivity contribution is 0.151. The molecule has 0 aliphatic heterocycles. The van der Waals surface area contributed by atoms with Crippen molar-refractivity contribution in [2.75, 3.05) is 0 Å². The predicted molar refractivity (Wildman–Crippen MR) is 58.4 cm³/mol. The van der Waals surface area contributed by atoms with Crippen molar-refractivity contribution in [3.05, 3.63) is 53.9 Å². The average molecular weight is 202 g/mol. The van der Waals surface area contributed by atoms with Crippen LogP contribution < -0.4 is 0 Å². The number of aryl methyl sites for hydroxylation is 1. The minimum Gasteiger partial charge on any atom is -0.386 e. The van der Waals surface area contributed by atoms with Crippen LogP contribution in [0.5, 0.6) is 0 Å². The van der Waals surface area contributed by atoms with Gasteiger partial charge < -0.3 is 5.11 Å².